The van der Waals surface area contributed by atoms with E-state index in [1.54, 1.807) is 22.9 Å². The topological polar surface area (TPSA) is 77.0 Å². The third kappa shape index (κ3) is 1.95. The molecule has 0 aliphatic rings. The molecule has 6 heteroatoms. The van der Waals surface area contributed by atoms with Crippen molar-refractivity contribution in [2.45, 2.75) is 13.8 Å². The van der Waals surface area contributed by atoms with Gasteiger partial charge in [-0.25, -0.2) is 0 Å². The van der Waals surface area contributed by atoms with Crippen molar-refractivity contribution in [1.29, 1.82) is 0 Å². The lowest BCUT2D eigenvalue weighted by atomic mass is 10.2. The van der Waals surface area contributed by atoms with Gasteiger partial charge >= 0.3 is 0 Å². The van der Waals surface area contributed by atoms with E-state index in [1.165, 1.54) is 0 Å². The summed E-state index contributed by atoms with van der Waals surface area (Å²) in [6.07, 6.45) is 0. The molecular formula is C14H14N4O2. The summed E-state index contributed by atoms with van der Waals surface area (Å²) >= 11 is 0. The van der Waals surface area contributed by atoms with Crippen LogP contribution >= 0.6 is 0 Å². The molecule has 20 heavy (non-hydrogen) atoms. The summed E-state index contributed by atoms with van der Waals surface area (Å²) in [7, 11) is 1.87. The Labute approximate surface area is 115 Å². The molecule has 1 N–H and O–H groups in total. The zero-order valence-electron chi connectivity index (χ0n) is 11.5. The second-order valence-corrected chi connectivity index (χ2v) is 4.64. The van der Waals surface area contributed by atoms with Gasteiger partial charge in [-0.05, 0) is 26.0 Å². The van der Waals surface area contributed by atoms with E-state index < -0.39 is 0 Å². The SMILES string of the molecule is Cc1nn(C)c(C)c1-c1nc(-c2cccc(O)c2)no1. The molecule has 0 atom stereocenters. The van der Waals surface area contributed by atoms with E-state index >= 15 is 0 Å². The van der Waals surface area contributed by atoms with Gasteiger partial charge in [-0.2, -0.15) is 10.1 Å². The van der Waals surface area contributed by atoms with Crippen LogP contribution in [0.3, 0.4) is 0 Å². The van der Waals surface area contributed by atoms with Crippen LogP contribution in [0.4, 0.5) is 0 Å². The fourth-order valence-corrected chi connectivity index (χ4v) is 2.17. The lowest BCUT2D eigenvalue weighted by Crippen LogP contribution is -1.92. The summed E-state index contributed by atoms with van der Waals surface area (Å²) in [5, 5.41) is 17.8. The predicted octanol–water partition coefficient (Wildman–Crippen LogP) is 2.46. The van der Waals surface area contributed by atoms with Gasteiger partial charge in [0.15, 0.2) is 0 Å². The van der Waals surface area contributed by atoms with Crippen LogP contribution in [0.2, 0.25) is 0 Å². The number of benzene rings is 1. The van der Waals surface area contributed by atoms with E-state index in [0.717, 1.165) is 17.0 Å². The van der Waals surface area contributed by atoms with Crippen LogP contribution in [0.15, 0.2) is 28.8 Å². The molecule has 3 rings (SSSR count). The minimum absolute atomic E-state index is 0.169. The standard InChI is InChI=1S/C14H14N4O2/c1-8-12(9(2)18(3)16-8)14-15-13(17-20-14)10-5-4-6-11(19)7-10/h4-7,19H,1-3H3. The molecule has 2 heterocycles. The average Bonchev–Trinajstić information content (AvgIpc) is 2.96. The van der Waals surface area contributed by atoms with Crippen LogP contribution in [-0.4, -0.2) is 25.0 Å². The Bertz CT molecular complexity index is 773. The van der Waals surface area contributed by atoms with Gasteiger partial charge < -0.3 is 9.63 Å². The normalized spacial score (nSPS) is 10.9. The highest BCUT2D eigenvalue weighted by Crippen LogP contribution is 2.28. The maximum absolute atomic E-state index is 9.49. The van der Waals surface area contributed by atoms with Crippen molar-refractivity contribution in [3.8, 4) is 28.6 Å². The van der Waals surface area contributed by atoms with Gasteiger partial charge in [0.25, 0.3) is 5.89 Å². The van der Waals surface area contributed by atoms with Crippen molar-refractivity contribution in [1.82, 2.24) is 19.9 Å². The Morgan fingerprint density at radius 3 is 2.70 bits per heavy atom. The molecule has 0 amide bonds. The fourth-order valence-electron chi connectivity index (χ4n) is 2.17. The first kappa shape index (κ1) is 12.4. The van der Waals surface area contributed by atoms with Gasteiger partial charge in [-0.1, -0.05) is 17.3 Å². The second kappa shape index (κ2) is 4.48. The first-order valence-corrected chi connectivity index (χ1v) is 6.20. The number of aromatic nitrogens is 4. The molecule has 0 unspecified atom stereocenters. The van der Waals surface area contributed by atoms with E-state index in [4.69, 9.17) is 4.52 Å². The molecule has 0 saturated carbocycles. The molecular weight excluding hydrogens is 256 g/mol. The first-order chi connectivity index (χ1) is 9.56. The quantitative estimate of drug-likeness (QED) is 0.774. The van der Waals surface area contributed by atoms with Gasteiger partial charge in [0.1, 0.15) is 5.75 Å². The second-order valence-electron chi connectivity index (χ2n) is 4.64. The lowest BCUT2D eigenvalue weighted by molar-refractivity contribution is 0.431. The zero-order chi connectivity index (χ0) is 14.3. The fraction of sp³-hybridized carbons (Fsp3) is 0.214. The minimum atomic E-state index is 0.169. The largest absolute Gasteiger partial charge is 0.508 e. The zero-order valence-corrected chi connectivity index (χ0v) is 11.5. The Balaban J connectivity index is 2.06. The van der Waals surface area contributed by atoms with Crippen molar-refractivity contribution < 1.29 is 9.63 Å². The maximum atomic E-state index is 9.49. The van der Waals surface area contributed by atoms with Gasteiger partial charge in [0, 0.05) is 18.3 Å². The maximum Gasteiger partial charge on any atom is 0.261 e. The Hall–Kier alpha value is -2.63. The average molecular weight is 270 g/mol. The highest BCUT2D eigenvalue weighted by Gasteiger charge is 2.18. The van der Waals surface area contributed by atoms with Crippen LogP contribution in [0.25, 0.3) is 22.8 Å². The third-order valence-corrected chi connectivity index (χ3v) is 3.25. The van der Waals surface area contributed by atoms with Crippen LogP contribution < -0.4 is 0 Å². The lowest BCUT2D eigenvalue weighted by Gasteiger charge is -1.95. The van der Waals surface area contributed by atoms with Crippen LogP contribution in [0.1, 0.15) is 11.4 Å². The summed E-state index contributed by atoms with van der Waals surface area (Å²) in [6, 6.07) is 6.75. The Kier molecular flexibility index (Phi) is 2.78. The molecule has 2 aromatic heterocycles. The summed E-state index contributed by atoms with van der Waals surface area (Å²) in [4.78, 5) is 4.38. The van der Waals surface area contributed by atoms with Crippen molar-refractivity contribution >= 4 is 0 Å². The van der Waals surface area contributed by atoms with E-state index in [0.29, 0.717) is 17.3 Å². The number of phenolic OH excluding ortho intramolecular Hbond substituents is 1. The van der Waals surface area contributed by atoms with Crippen molar-refractivity contribution in [2.75, 3.05) is 0 Å². The summed E-state index contributed by atoms with van der Waals surface area (Å²) < 4.78 is 7.10. The van der Waals surface area contributed by atoms with Gasteiger partial charge in [0.05, 0.1) is 11.3 Å². The van der Waals surface area contributed by atoms with E-state index in [9.17, 15) is 5.11 Å². The van der Waals surface area contributed by atoms with Crippen LogP contribution in [-0.2, 0) is 7.05 Å². The number of hydrogen-bond acceptors (Lipinski definition) is 5. The van der Waals surface area contributed by atoms with Crippen LogP contribution in [0, 0.1) is 13.8 Å². The number of aromatic hydroxyl groups is 1. The van der Waals surface area contributed by atoms with Crippen molar-refractivity contribution in [3.05, 3.63) is 35.7 Å². The van der Waals surface area contributed by atoms with E-state index in [1.807, 2.05) is 27.0 Å². The first-order valence-electron chi connectivity index (χ1n) is 6.20. The minimum Gasteiger partial charge on any atom is -0.508 e. The number of rotatable bonds is 2. The van der Waals surface area contributed by atoms with Gasteiger partial charge in [-0.15, -0.1) is 0 Å². The summed E-state index contributed by atoms with van der Waals surface area (Å²) in [5.41, 5.74) is 3.37. The molecule has 0 radical (unpaired) electrons. The number of nitrogens with zero attached hydrogens (tertiary/aromatic N) is 4. The van der Waals surface area contributed by atoms with E-state index in [-0.39, 0.29) is 5.75 Å². The smallest absolute Gasteiger partial charge is 0.261 e. The molecule has 0 saturated heterocycles. The molecule has 6 nitrogen and oxygen atoms in total. The molecule has 0 spiro atoms. The van der Waals surface area contributed by atoms with Gasteiger partial charge in [0.2, 0.25) is 5.82 Å². The molecule has 0 aliphatic carbocycles. The molecule has 0 bridgehead atoms. The molecule has 0 fully saturated rings. The van der Waals surface area contributed by atoms with Crippen molar-refractivity contribution in [3.63, 3.8) is 0 Å². The summed E-state index contributed by atoms with van der Waals surface area (Å²) in [5.74, 6) is 1.05. The Morgan fingerprint density at radius 2 is 2.05 bits per heavy atom. The van der Waals surface area contributed by atoms with Gasteiger partial charge in [-0.3, -0.25) is 4.68 Å². The van der Waals surface area contributed by atoms with Crippen LogP contribution in [0.5, 0.6) is 5.75 Å². The summed E-state index contributed by atoms with van der Waals surface area (Å²) in [6.45, 7) is 3.86. The molecule has 3 aromatic rings. The highest BCUT2D eigenvalue weighted by molar-refractivity contribution is 5.63. The molecule has 0 aliphatic heterocycles. The van der Waals surface area contributed by atoms with Crippen molar-refractivity contribution in [2.24, 2.45) is 7.05 Å². The number of aryl methyl sites for hydroxylation is 2. The number of phenols is 1. The highest BCUT2D eigenvalue weighted by atomic mass is 16.5. The Morgan fingerprint density at radius 1 is 1.25 bits per heavy atom. The molecule has 1 aromatic carbocycles. The predicted molar refractivity (Wildman–Crippen MR) is 73.1 cm³/mol. The van der Waals surface area contributed by atoms with E-state index in [2.05, 4.69) is 15.2 Å². The monoisotopic (exact) mass is 270 g/mol. The number of hydrogen-bond donors (Lipinski definition) is 1. The molecule has 102 valence electrons. The third-order valence-electron chi connectivity index (χ3n) is 3.25.